The van der Waals surface area contributed by atoms with E-state index in [-0.39, 0.29) is 30.0 Å². The molecule has 0 atom stereocenters. The average Bonchev–Trinajstić information content (AvgIpc) is 2.85. The van der Waals surface area contributed by atoms with E-state index in [1.807, 2.05) is 0 Å². The molecule has 1 fully saturated rings. The van der Waals surface area contributed by atoms with Crippen LogP contribution in [0.4, 0.5) is 4.39 Å². The monoisotopic (exact) mass is 361 g/mol. The van der Waals surface area contributed by atoms with Gasteiger partial charge in [-0.2, -0.15) is 0 Å². The van der Waals surface area contributed by atoms with Crippen LogP contribution in [-0.4, -0.2) is 35.8 Å². The zero-order chi connectivity index (χ0) is 18.9. The fraction of sp³-hybridized carbons (Fsp3) is 0.450. The first-order valence-electron chi connectivity index (χ1n) is 8.97. The predicted octanol–water partition coefficient (Wildman–Crippen LogP) is 3.48. The van der Waals surface area contributed by atoms with Crippen LogP contribution in [0.2, 0.25) is 0 Å². The van der Waals surface area contributed by atoms with Gasteiger partial charge in [-0.05, 0) is 43.5 Å². The Kier molecular flexibility index (Phi) is 7.51. The molecule has 2 amide bonds. The number of esters is 1. The number of hydrogen-bond donors (Lipinski definition) is 0. The molecule has 1 aromatic rings. The number of rotatable bonds is 9. The van der Waals surface area contributed by atoms with Crippen molar-refractivity contribution in [3.05, 3.63) is 41.2 Å². The molecule has 1 heterocycles. The molecule has 0 N–H and O–H groups in total. The van der Waals surface area contributed by atoms with Crippen molar-refractivity contribution in [3.8, 4) is 0 Å². The molecule has 1 aliphatic heterocycles. The summed E-state index contributed by atoms with van der Waals surface area (Å²) in [4.78, 5) is 36.9. The maximum Gasteiger partial charge on any atom is 0.305 e. The number of benzene rings is 1. The molecule has 5 nitrogen and oxygen atoms in total. The smallest absolute Gasteiger partial charge is 0.305 e. The van der Waals surface area contributed by atoms with Crippen LogP contribution in [-0.2, 0) is 19.1 Å². The Bertz CT molecular complexity index is 699. The Morgan fingerprint density at radius 1 is 1.23 bits per heavy atom. The molecule has 140 valence electrons. The predicted molar refractivity (Wildman–Crippen MR) is 95.4 cm³/mol. The molecule has 0 aliphatic carbocycles. The van der Waals surface area contributed by atoms with Gasteiger partial charge in [0.15, 0.2) is 0 Å². The van der Waals surface area contributed by atoms with Crippen molar-refractivity contribution in [2.75, 3.05) is 13.2 Å². The highest BCUT2D eigenvalue weighted by atomic mass is 19.1. The number of nitrogens with zero attached hydrogens (tertiary/aromatic N) is 1. The molecule has 0 spiro atoms. The van der Waals surface area contributed by atoms with Gasteiger partial charge in [-0.3, -0.25) is 19.3 Å². The number of unbranched alkanes of at least 4 members (excludes halogenated alkanes) is 3. The summed E-state index contributed by atoms with van der Waals surface area (Å²) in [6, 6.07) is 5.92. The van der Waals surface area contributed by atoms with Crippen molar-refractivity contribution in [2.45, 2.75) is 45.4 Å². The fourth-order valence-electron chi connectivity index (χ4n) is 2.88. The molecule has 0 saturated carbocycles. The first-order valence-corrected chi connectivity index (χ1v) is 8.97. The first kappa shape index (κ1) is 19.8. The highest BCUT2D eigenvalue weighted by Crippen LogP contribution is 2.22. The highest BCUT2D eigenvalue weighted by molar-refractivity contribution is 6.15. The van der Waals surface area contributed by atoms with Gasteiger partial charge in [0.1, 0.15) is 5.82 Å². The average molecular weight is 361 g/mol. The Labute approximate surface area is 152 Å². The topological polar surface area (TPSA) is 63.7 Å². The number of likely N-dealkylation sites (tertiary alicyclic amines) is 1. The summed E-state index contributed by atoms with van der Waals surface area (Å²) in [5.74, 6) is -1.09. The van der Waals surface area contributed by atoms with E-state index >= 15 is 0 Å². The second-order valence-corrected chi connectivity index (χ2v) is 6.22. The van der Waals surface area contributed by atoms with E-state index < -0.39 is 0 Å². The molecule has 0 aromatic heterocycles. The van der Waals surface area contributed by atoms with Crippen molar-refractivity contribution in [3.63, 3.8) is 0 Å². The number of carbonyl (C=O) groups is 3. The van der Waals surface area contributed by atoms with Gasteiger partial charge in [0, 0.05) is 18.5 Å². The summed E-state index contributed by atoms with van der Waals surface area (Å²) >= 11 is 0. The lowest BCUT2D eigenvalue weighted by molar-refractivity contribution is -0.143. The van der Waals surface area contributed by atoms with Gasteiger partial charge >= 0.3 is 5.97 Å². The lowest BCUT2D eigenvalue weighted by atomic mass is 10.1. The van der Waals surface area contributed by atoms with Gasteiger partial charge in [-0.25, -0.2) is 4.39 Å². The lowest BCUT2D eigenvalue weighted by Crippen LogP contribution is -2.30. The zero-order valence-electron chi connectivity index (χ0n) is 15.0. The maximum atomic E-state index is 13.2. The number of hydrogen-bond acceptors (Lipinski definition) is 4. The summed E-state index contributed by atoms with van der Waals surface area (Å²) in [5, 5.41) is 0. The van der Waals surface area contributed by atoms with Gasteiger partial charge < -0.3 is 4.74 Å². The van der Waals surface area contributed by atoms with E-state index in [0.29, 0.717) is 37.1 Å². The standard InChI is InChI=1S/C20H24FNO4/c1-2-26-19(24)10-5-3-4-6-11-22-18(23)14-16(20(22)25)12-15-8-7-9-17(21)13-15/h7-9,12-13H,2-6,10-11,14H2,1H3. The second kappa shape index (κ2) is 9.85. The van der Waals surface area contributed by atoms with Crippen LogP contribution in [0.5, 0.6) is 0 Å². The summed E-state index contributed by atoms with van der Waals surface area (Å²) in [6.45, 7) is 2.54. The Balaban J connectivity index is 1.77. The first-order chi connectivity index (χ1) is 12.5. The van der Waals surface area contributed by atoms with E-state index in [0.717, 1.165) is 19.3 Å². The van der Waals surface area contributed by atoms with Crippen LogP contribution in [0.25, 0.3) is 6.08 Å². The van der Waals surface area contributed by atoms with Crippen molar-refractivity contribution in [2.24, 2.45) is 0 Å². The lowest BCUT2D eigenvalue weighted by Gasteiger charge is -2.13. The normalized spacial score (nSPS) is 15.8. The van der Waals surface area contributed by atoms with Gasteiger partial charge in [0.25, 0.3) is 5.91 Å². The van der Waals surface area contributed by atoms with Crippen LogP contribution >= 0.6 is 0 Å². The van der Waals surface area contributed by atoms with Gasteiger partial charge in [-0.1, -0.05) is 25.0 Å². The van der Waals surface area contributed by atoms with E-state index in [9.17, 15) is 18.8 Å². The highest BCUT2D eigenvalue weighted by Gasteiger charge is 2.33. The summed E-state index contributed by atoms with van der Waals surface area (Å²) in [5.41, 5.74) is 0.963. The molecular formula is C20H24FNO4. The van der Waals surface area contributed by atoms with E-state index in [1.54, 1.807) is 25.1 Å². The maximum absolute atomic E-state index is 13.2. The third-order valence-corrected chi connectivity index (χ3v) is 4.17. The third-order valence-electron chi connectivity index (χ3n) is 4.17. The summed E-state index contributed by atoms with van der Waals surface area (Å²) in [6.07, 6.45) is 5.15. The van der Waals surface area contributed by atoms with Crippen LogP contribution in [0, 0.1) is 5.82 Å². The van der Waals surface area contributed by atoms with Crippen LogP contribution in [0.1, 0.15) is 51.0 Å². The second-order valence-electron chi connectivity index (χ2n) is 6.22. The van der Waals surface area contributed by atoms with E-state index in [2.05, 4.69) is 0 Å². The van der Waals surface area contributed by atoms with Gasteiger partial charge in [0.2, 0.25) is 5.91 Å². The van der Waals surface area contributed by atoms with E-state index in [4.69, 9.17) is 4.74 Å². The largest absolute Gasteiger partial charge is 0.466 e. The van der Waals surface area contributed by atoms with Crippen molar-refractivity contribution in [1.29, 1.82) is 0 Å². The molecule has 0 bridgehead atoms. The summed E-state index contributed by atoms with van der Waals surface area (Å²) in [7, 11) is 0. The van der Waals surface area contributed by atoms with Crippen LogP contribution < -0.4 is 0 Å². The minimum Gasteiger partial charge on any atom is -0.466 e. The minimum absolute atomic E-state index is 0.0538. The Hall–Kier alpha value is -2.50. The van der Waals surface area contributed by atoms with Gasteiger partial charge in [-0.15, -0.1) is 0 Å². The molecule has 0 radical (unpaired) electrons. The molecule has 0 unspecified atom stereocenters. The minimum atomic E-state index is -0.379. The molecule has 1 aliphatic rings. The molecule has 6 heteroatoms. The molecule has 1 aromatic carbocycles. The van der Waals surface area contributed by atoms with Crippen LogP contribution in [0.3, 0.4) is 0 Å². The Morgan fingerprint density at radius 3 is 2.73 bits per heavy atom. The molecule has 1 saturated heterocycles. The number of carbonyl (C=O) groups excluding carboxylic acids is 3. The number of ether oxygens (including phenoxy) is 1. The van der Waals surface area contributed by atoms with Gasteiger partial charge in [0.05, 0.1) is 13.0 Å². The zero-order valence-corrected chi connectivity index (χ0v) is 15.0. The quantitative estimate of drug-likeness (QED) is 0.292. The van der Waals surface area contributed by atoms with Crippen molar-refractivity contribution < 1.29 is 23.5 Å². The molecule has 2 rings (SSSR count). The number of amides is 2. The number of halogens is 1. The van der Waals surface area contributed by atoms with E-state index in [1.165, 1.54) is 17.0 Å². The van der Waals surface area contributed by atoms with Crippen LogP contribution in [0.15, 0.2) is 29.8 Å². The fourth-order valence-corrected chi connectivity index (χ4v) is 2.88. The van der Waals surface area contributed by atoms with Crippen molar-refractivity contribution >= 4 is 23.9 Å². The number of imide groups is 1. The SMILES string of the molecule is CCOC(=O)CCCCCCN1C(=O)CC(=Cc2cccc(F)c2)C1=O. The Morgan fingerprint density at radius 2 is 2.00 bits per heavy atom. The third kappa shape index (κ3) is 5.79. The summed E-state index contributed by atoms with van der Waals surface area (Å²) < 4.78 is 18.1. The molecular weight excluding hydrogens is 337 g/mol. The van der Waals surface area contributed by atoms with Crippen molar-refractivity contribution in [1.82, 2.24) is 4.90 Å². The molecule has 26 heavy (non-hydrogen) atoms.